The molecule has 1 aliphatic heterocycles. The van der Waals surface area contributed by atoms with Crippen LogP contribution in [0.3, 0.4) is 0 Å². The summed E-state index contributed by atoms with van der Waals surface area (Å²) in [6.45, 7) is 4.48. The number of fused-ring (bicyclic) bond motifs is 2. The fourth-order valence-corrected chi connectivity index (χ4v) is 4.17. The molecule has 3 aromatic rings. The van der Waals surface area contributed by atoms with Gasteiger partial charge in [-0.3, -0.25) is 9.59 Å². The van der Waals surface area contributed by atoms with Crippen LogP contribution in [0.2, 0.25) is 0 Å². The lowest BCUT2D eigenvalue weighted by molar-refractivity contribution is 0.0983. The minimum absolute atomic E-state index is 0.0618. The van der Waals surface area contributed by atoms with E-state index in [1.807, 2.05) is 44.2 Å². The van der Waals surface area contributed by atoms with Gasteiger partial charge < -0.3 is 10.2 Å². The van der Waals surface area contributed by atoms with Gasteiger partial charge in [0.1, 0.15) is 5.03 Å². The highest BCUT2D eigenvalue weighted by atomic mass is 32.2. The van der Waals surface area contributed by atoms with Gasteiger partial charge in [0.05, 0.1) is 11.3 Å². The molecular formula is C22H19N3O2S. The maximum atomic E-state index is 12.9. The van der Waals surface area contributed by atoms with Gasteiger partial charge in [-0.05, 0) is 56.3 Å². The van der Waals surface area contributed by atoms with Crippen molar-refractivity contribution in [1.82, 2.24) is 4.98 Å². The second-order valence-corrected chi connectivity index (χ2v) is 7.54. The first kappa shape index (κ1) is 18.3. The first-order valence-electron chi connectivity index (χ1n) is 9.03. The molecule has 4 rings (SSSR count). The SMILES string of the molecule is CCN1C(=O)c2cccnc2Sc2cc(NC(=O)c3ccc(C)cc3)ccc21. The molecule has 2 aromatic carbocycles. The van der Waals surface area contributed by atoms with E-state index in [0.717, 1.165) is 16.1 Å². The minimum Gasteiger partial charge on any atom is -0.322 e. The van der Waals surface area contributed by atoms with E-state index in [1.54, 1.807) is 35.4 Å². The number of hydrogen-bond acceptors (Lipinski definition) is 4. The van der Waals surface area contributed by atoms with Crippen LogP contribution < -0.4 is 10.2 Å². The third-order valence-electron chi connectivity index (χ3n) is 4.59. The van der Waals surface area contributed by atoms with E-state index in [2.05, 4.69) is 10.3 Å². The van der Waals surface area contributed by atoms with Gasteiger partial charge in [0.15, 0.2) is 0 Å². The van der Waals surface area contributed by atoms with E-state index >= 15 is 0 Å². The maximum absolute atomic E-state index is 12.9. The summed E-state index contributed by atoms with van der Waals surface area (Å²) in [4.78, 5) is 32.4. The van der Waals surface area contributed by atoms with Gasteiger partial charge in [-0.1, -0.05) is 29.5 Å². The van der Waals surface area contributed by atoms with E-state index in [9.17, 15) is 9.59 Å². The number of carbonyl (C=O) groups is 2. The van der Waals surface area contributed by atoms with Crippen molar-refractivity contribution in [2.45, 2.75) is 23.8 Å². The van der Waals surface area contributed by atoms with Gasteiger partial charge in [-0.15, -0.1) is 0 Å². The normalized spacial score (nSPS) is 12.8. The van der Waals surface area contributed by atoms with Crippen LogP contribution in [-0.2, 0) is 0 Å². The Hall–Kier alpha value is -3.12. The molecule has 0 fully saturated rings. The molecule has 5 nitrogen and oxygen atoms in total. The summed E-state index contributed by atoms with van der Waals surface area (Å²) < 4.78 is 0. The largest absolute Gasteiger partial charge is 0.322 e. The van der Waals surface area contributed by atoms with Gasteiger partial charge in [-0.25, -0.2) is 4.98 Å². The molecule has 0 saturated heterocycles. The molecule has 6 heteroatoms. The number of nitrogens with zero attached hydrogens (tertiary/aromatic N) is 2. The van der Waals surface area contributed by atoms with Crippen molar-refractivity contribution >= 4 is 35.0 Å². The van der Waals surface area contributed by atoms with Gasteiger partial charge in [0.25, 0.3) is 11.8 Å². The average Bonchev–Trinajstić information content (AvgIpc) is 2.82. The van der Waals surface area contributed by atoms with Gasteiger partial charge in [0, 0.05) is 28.9 Å². The number of hydrogen-bond donors (Lipinski definition) is 1. The van der Waals surface area contributed by atoms with E-state index in [0.29, 0.717) is 28.4 Å². The molecular weight excluding hydrogens is 370 g/mol. The van der Waals surface area contributed by atoms with E-state index in [-0.39, 0.29) is 11.8 Å². The van der Waals surface area contributed by atoms with Gasteiger partial charge >= 0.3 is 0 Å². The Morgan fingerprint density at radius 3 is 2.68 bits per heavy atom. The van der Waals surface area contributed by atoms with E-state index < -0.39 is 0 Å². The van der Waals surface area contributed by atoms with Gasteiger partial charge in [0.2, 0.25) is 0 Å². The van der Waals surface area contributed by atoms with Crippen molar-refractivity contribution in [3.63, 3.8) is 0 Å². The number of aromatic nitrogens is 1. The number of benzene rings is 2. The monoisotopic (exact) mass is 389 g/mol. The topological polar surface area (TPSA) is 62.3 Å². The Balaban J connectivity index is 1.68. The molecule has 0 bridgehead atoms. The number of pyridine rings is 1. The first-order chi connectivity index (χ1) is 13.6. The van der Waals surface area contributed by atoms with Crippen LogP contribution in [0.5, 0.6) is 0 Å². The average molecular weight is 389 g/mol. The summed E-state index contributed by atoms with van der Waals surface area (Å²) in [5.74, 6) is -0.228. The zero-order valence-corrected chi connectivity index (χ0v) is 16.4. The number of carbonyl (C=O) groups excluding carboxylic acids is 2. The van der Waals surface area contributed by atoms with Crippen molar-refractivity contribution in [2.24, 2.45) is 0 Å². The van der Waals surface area contributed by atoms with Crippen molar-refractivity contribution < 1.29 is 9.59 Å². The fraction of sp³-hybridized carbons (Fsp3) is 0.136. The molecule has 28 heavy (non-hydrogen) atoms. The molecule has 0 saturated carbocycles. The molecule has 2 amide bonds. The summed E-state index contributed by atoms with van der Waals surface area (Å²) in [5, 5.41) is 3.61. The Bertz CT molecular complexity index is 1060. The van der Waals surface area contributed by atoms with Crippen molar-refractivity contribution in [3.05, 3.63) is 77.5 Å². The lowest BCUT2D eigenvalue weighted by Crippen LogP contribution is -2.30. The number of amides is 2. The van der Waals surface area contributed by atoms with Crippen LogP contribution in [0.4, 0.5) is 11.4 Å². The predicted octanol–water partition coefficient (Wildman–Crippen LogP) is 4.77. The summed E-state index contributed by atoms with van der Waals surface area (Å²) in [7, 11) is 0. The lowest BCUT2D eigenvalue weighted by Gasteiger charge is -2.21. The fourth-order valence-electron chi connectivity index (χ4n) is 3.11. The van der Waals surface area contributed by atoms with Crippen LogP contribution in [0, 0.1) is 6.92 Å². The summed E-state index contributed by atoms with van der Waals surface area (Å²) in [6.07, 6.45) is 1.68. The maximum Gasteiger partial charge on any atom is 0.261 e. The minimum atomic E-state index is -0.166. The van der Waals surface area contributed by atoms with Crippen LogP contribution in [0.1, 0.15) is 33.2 Å². The van der Waals surface area contributed by atoms with Crippen LogP contribution in [0.15, 0.2) is 70.7 Å². The third kappa shape index (κ3) is 3.39. The standard InChI is InChI=1S/C22H19N3O2S/c1-3-25-18-11-10-16(24-20(26)15-8-6-14(2)7-9-15)13-19(18)28-21-17(22(25)27)5-4-12-23-21/h4-13H,3H2,1-2H3,(H,24,26). The summed E-state index contributed by atoms with van der Waals surface area (Å²) in [5.41, 5.74) is 3.80. The quantitative estimate of drug-likeness (QED) is 0.701. The van der Waals surface area contributed by atoms with Crippen molar-refractivity contribution in [1.29, 1.82) is 0 Å². The molecule has 1 aliphatic rings. The second-order valence-electron chi connectivity index (χ2n) is 6.51. The van der Waals surface area contributed by atoms with Crippen molar-refractivity contribution in [3.8, 4) is 0 Å². The Morgan fingerprint density at radius 1 is 1.14 bits per heavy atom. The Morgan fingerprint density at radius 2 is 1.93 bits per heavy atom. The third-order valence-corrected chi connectivity index (χ3v) is 5.66. The number of aryl methyl sites for hydroxylation is 1. The molecule has 0 unspecified atom stereocenters. The Kier molecular flexibility index (Phi) is 4.88. The molecule has 0 radical (unpaired) electrons. The highest BCUT2D eigenvalue weighted by Gasteiger charge is 2.27. The highest BCUT2D eigenvalue weighted by molar-refractivity contribution is 7.99. The zero-order valence-electron chi connectivity index (χ0n) is 15.6. The predicted molar refractivity (Wildman–Crippen MR) is 111 cm³/mol. The molecule has 1 aromatic heterocycles. The first-order valence-corrected chi connectivity index (χ1v) is 9.85. The molecule has 0 aliphatic carbocycles. The Labute approximate surface area is 167 Å². The molecule has 2 heterocycles. The number of anilines is 2. The van der Waals surface area contributed by atoms with Crippen molar-refractivity contribution in [2.75, 3.05) is 16.8 Å². The van der Waals surface area contributed by atoms with Crippen LogP contribution >= 0.6 is 11.8 Å². The smallest absolute Gasteiger partial charge is 0.261 e. The summed E-state index contributed by atoms with van der Waals surface area (Å²) in [6, 6.07) is 16.6. The number of nitrogens with one attached hydrogen (secondary N) is 1. The van der Waals surface area contributed by atoms with Crippen LogP contribution in [0.25, 0.3) is 0 Å². The highest BCUT2D eigenvalue weighted by Crippen LogP contribution is 2.41. The number of rotatable bonds is 3. The van der Waals surface area contributed by atoms with Crippen LogP contribution in [-0.4, -0.2) is 23.3 Å². The molecule has 1 N–H and O–H groups in total. The molecule has 140 valence electrons. The van der Waals surface area contributed by atoms with E-state index in [4.69, 9.17) is 0 Å². The zero-order chi connectivity index (χ0) is 19.7. The molecule has 0 atom stereocenters. The lowest BCUT2D eigenvalue weighted by atomic mass is 10.1. The van der Waals surface area contributed by atoms with E-state index in [1.165, 1.54) is 11.8 Å². The summed E-state index contributed by atoms with van der Waals surface area (Å²) >= 11 is 1.44. The second kappa shape index (κ2) is 7.48. The molecule has 0 spiro atoms. The van der Waals surface area contributed by atoms with Gasteiger partial charge in [-0.2, -0.15) is 0 Å².